The van der Waals surface area contributed by atoms with Gasteiger partial charge in [-0.1, -0.05) is 6.07 Å². The van der Waals surface area contributed by atoms with E-state index >= 15 is 0 Å². The number of nitrogens with one attached hydrogen (secondary N) is 2. The number of halogens is 1. The van der Waals surface area contributed by atoms with Gasteiger partial charge in [-0.25, -0.2) is 9.98 Å². The fourth-order valence-corrected chi connectivity index (χ4v) is 2.39. The largest absolute Gasteiger partial charge is 0.497 e. The number of benzene rings is 1. The highest BCUT2D eigenvalue weighted by Gasteiger charge is 2.05. The van der Waals surface area contributed by atoms with Crippen molar-refractivity contribution in [1.29, 1.82) is 0 Å². The van der Waals surface area contributed by atoms with Crippen molar-refractivity contribution in [2.45, 2.75) is 32.9 Å². The molecule has 0 saturated heterocycles. The van der Waals surface area contributed by atoms with Gasteiger partial charge in [0.05, 0.1) is 20.0 Å². The van der Waals surface area contributed by atoms with Crippen LogP contribution in [0.15, 0.2) is 48.0 Å². The number of hydrogen-bond donors (Lipinski definition) is 2. The van der Waals surface area contributed by atoms with Crippen LogP contribution < -0.4 is 20.1 Å². The summed E-state index contributed by atoms with van der Waals surface area (Å²) in [6.45, 7) is 7.22. The maximum Gasteiger partial charge on any atom is 0.191 e. The average Bonchev–Trinajstić information content (AvgIpc) is 3.16. The molecule has 0 aliphatic rings. The van der Waals surface area contributed by atoms with Crippen molar-refractivity contribution in [1.82, 2.24) is 20.2 Å². The van der Waals surface area contributed by atoms with Gasteiger partial charge in [0, 0.05) is 38.1 Å². The van der Waals surface area contributed by atoms with Crippen LogP contribution in [0.2, 0.25) is 0 Å². The van der Waals surface area contributed by atoms with Gasteiger partial charge in [0.15, 0.2) is 5.96 Å². The number of imidazole rings is 1. The number of hydrogen-bond acceptors (Lipinski definition) is 4. The van der Waals surface area contributed by atoms with E-state index < -0.39 is 0 Å². The molecule has 1 aromatic carbocycles. The molecule has 0 aliphatic carbocycles. The highest BCUT2D eigenvalue weighted by Crippen LogP contribution is 2.19. The first-order chi connectivity index (χ1) is 12.7. The van der Waals surface area contributed by atoms with Gasteiger partial charge in [0.1, 0.15) is 17.6 Å². The van der Waals surface area contributed by atoms with Crippen LogP contribution in [-0.4, -0.2) is 48.4 Å². The van der Waals surface area contributed by atoms with E-state index in [-0.39, 0.29) is 30.1 Å². The van der Waals surface area contributed by atoms with Crippen molar-refractivity contribution in [3.63, 3.8) is 0 Å². The van der Waals surface area contributed by atoms with Crippen LogP contribution in [0.5, 0.6) is 11.5 Å². The Morgan fingerprint density at radius 3 is 2.81 bits per heavy atom. The van der Waals surface area contributed by atoms with Crippen molar-refractivity contribution in [2.24, 2.45) is 4.99 Å². The van der Waals surface area contributed by atoms with Crippen LogP contribution in [0, 0.1) is 0 Å². The first-order valence-electron chi connectivity index (χ1n) is 9.00. The molecule has 1 heterocycles. The summed E-state index contributed by atoms with van der Waals surface area (Å²) in [5.74, 6) is 2.37. The summed E-state index contributed by atoms with van der Waals surface area (Å²) in [6.07, 6.45) is 6.55. The predicted molar refractivity (Wildman–Crippen MR) is 119 cm³/mol. The minimum atomic E-state index is -0.0384. The quantitative estimate of drug-likeness (QED) is 0.234. The zero-order valence-electron chi connectivity index (χ0n) is 16.2. The van der Waals surface area contributed by atoms with Gasteiger partial charge in [-0.2, -0.15) is 0 Å². The molecule has 0 spiro atoms. The molecular weight excluding hydrogens is 457 g/mol. The third-order valence-corrected chi connectivity index (χ3v) is 3.67. The summed E-state index contributed by atoms with van der Waals surface area (Å²) < 4.78 is 13.2. The van der Waals surface area contributed by atoms with Crippen LogP contribution in [0.4, 0.5) is 0 Å². The molecule has 2 rings (SSSR count). The lowest BCUT2D eigenvalue weighted by molar-refractivity contribution is 0.229. The van der Waals surface area contributed by atoms with Crippen LogP contribution in [0.25, 0.3) is 0 Å². The maximum atomic E-state index is 5.91. The van der Waals surface area contributed by atoms with E-state index in [0.717, 1.165) is 43.5 Å². The summed E-state index contributed by atoms with van der Waals surface area (Å²) in [4.78, 5) is 8.65. The van der Waals surface area contributed by atoms with Crippen molar-refractivity contribution in [3.8, 4) is 11.5 Å². The highest BCUT2D eigenvalue weighted by atomic mass is 127. The maximum absolute atomic E-state index is 5.91. The molecule has 8 heteroatoms. The fraction of sp³-hybridized carbons (Fsp3) is 0.474. The van der Waals surface area contributed by atoms with E-state index in [1.54, 1.807) is 13.3 Å². The predicted octanol–water partition coefficient (Wildman–Crippen LogP) is 2.92. The number of aromatic nitrogens is 2. The number of aryl methyl sites for hydroxylation is 1. The normalized spacial score (nSPS) is 12.0. The fourth-order valence-electron chi connectivity index (χ4n) is 2.39. The Hall–Kier alpha value is -1.97. The molecule has 2 aromatic rings. The molecule has 1 unspecified atom stereocenters. The Labute approximate surface area is 178 Å². The number of nitrogens with zero attached hydrogens (tertiary/aromatic N) is 3. The summed E-state index contributed by atoms with van der Waals surface area (Å²) >= 11 is 0. The highest BCUT2D eigenvalue weighted by molar-refractivity contribution is 14.0. The summed E-state index contributed by atoms with van der Waals surface area (Å²) in [6, 6.07) is 7.60. The molecular formula is C19H30IN5O2. The molecule has 150 valence electrons. The molecule has 2 N–H and O–H groups in total. The summed E-state index contributed by atoms with van der Waals surface area (Å²) in [7, 11) is 1.65. The van der Waals surface area contributed by atoms with Crippen LogP contribution in [-0.2, 0) is 6.54 Å². The van der Waals surface area contributed by atoms with Crippen molar-refractivity contribution in [2.75, 3.05) is 26.7 Å². The monoisotopic (exact) mass is 487 g/mol. The van der Waals surface area contributed by atoms with E-state index in [2.05, 4.69) is 32.1 Å². The van der Waals surface area contributed by atoms with Gasteiger partial charge < -0.3 is 24.7 Å². The van der Waals surface area contributed by atoms with Crippen molar-refractivity contribution < 1.29 is 9.47 Å². The molecule has 0 fully saturated rings. The van der Waals surface area contributed by atoms with Crippen LogP contribution >= 0.6 is 24.0 Å². The lowest BCUT2D eigenvalue weighted by Crippen LogP contribution is -2.38. The van der Waals surface area contributed by atoms with Crippen molar-refractivity contribution >= 4 is 29.9 Å². The molecule has 1 atom stereocenters. The second-order valence-electron chi connectivity index (χ2n) is 5.91. The average molecular weight is 487 g/mol. The molecule has 0 aliphatic heterocycles. The number of rotatable bonds is 10. The summed E-state index contributed by atoms with van der Waals surface area (Å²) in [5.41, 5.74) is 0. The molecule has 7 nitrogen and oxygen atoms in total. The standard InChI is InChI=1S/C19H29N5O2.HI/c1-4-21-19(22-9-6-11-24-12-10-20-15-24)23-14-16(2)26-18-8-5-7-17(13-18)25-3;/h5,7-8,10,12-13,15-16H,4,6,9,11,14H2,1-3H3,(H2,21,22,23);1H. The molecule has 27 heavy (non-hydrogen) atoms. The van der Waals surface area contributed by atoms with Gasteiger partial charge in [-0.3, -0.25) is 0 Å². The lowest BCUT2D eigenvalue weighted by Gasteiger charge is -2.15. The Balaban J connectivity index is 0.00000364. The number of methoxy groups -OCH3 is 1. The topological polar surface area (TPSA) is 72.7 Å². The third kappa shape index (κ3) is 8.98. The van der Waals surface area contributed by atoms with E-state index in [0.29, 0.717) is 6.54 Å². The third-order valence-electron chi connectivity index (χ3n) is 3.67. The van der Waals surface area contributed by atoms with E-state index in [4.69, 9.17) is 9.47 Å². The first kappa shape index (κ1) is 23.1. The van der Waals surface area contributed by atoms with Crippen LogP contribution in [0.3, 0.4) is 0 Å². The minimum absolute atomic E-state index is 0. The molecule has 0 amide bonds. The Kier molecular flexibility index (Phi) is 11.3. The van der Waals surface area contributed by atoms with Gasteiger partial charge in [0.25, 0.3) is 0 Å². The number of aliphatic imine (C=N–C) groups is 1. The second kappa shape index (κ2) is 13.2. The molecule has 0 bridgehead atoms. The van der Waals surface area contributed by atoms with Gasteiger partial charge in [-0.05, 0) is 32.4 Å². The van der Waals surface area contributed by atoms with E-state index in [1.165, 1.54) is 0 Å². The lowest BCUT2D eigenvalue weighted by atomic mass is 10.3. The Morgan fingerprint density at radius 2 is 2.11 bits per heavy atom. The van der Waals surface area contributed by atoms with Gasteiger partial charge in [0.2, 0.25) is 0 Å². The molecule has 1 aromatic heterocycles. The zero-order chi connectivity index (χ0) is 18.6. The molecule has 0 radical (unpaired) electrons. The smallest absolute Gasteiger partial charge is 0.191 e. The van der Waals surface area contributed by atoms with Gasteiger partial charge >= 0.3 is 0 Å². The van der Waals surface area contributed by atoms with Crippen LogP contribution in [0.1, 0.15) is 20.3 Å². The second-order valence-corrected chi connectivity index (χ2v) is 5.91. The zero-order valence-corrected chi connectivity index (χ0v) is 18.6. The summed E-state index contributed by atoms with van der Waals surface area (Å²) in [5, 5.41) is 6.61. The minimum Gasteiger partial charge on any atom is -0.497 e. The Morgan fingerprint density at radius 1 is 1.30 bits per heavy atom. The van der Waals surface area contributed by atoms with Gasteiger partial charge in [-0.15, -0.1) is 24.0 Å². The number of guanidine groups is 1. The Bertz CT molecular complexity index is 664. The SMILES string of the molecule is CCNC(=NCC(C)Oc1cccc(OC)c1)NCCCn1ccnc1.I. The van der Waals surface area contributed by atoms with E-state index in [1.807, 2.05) is 43.7 Å². The molecule has 0 saturated carbocycles. The van der Waals surface area contributed by atoms with Crippen molar-refractivity contribution in [3.05, 3.63) is 43.0 Å². The first-order valence-corrected chi connectivity index (χ1v) is 9.00. The number of ether oxygens (including phenoxy) is 2. The van der Waals surface area contributed by atoms with E-state index in [9.17, 15) is 0 Å².